The van der Waals surface area contributed by atoms with Gasteiger partial charge in [0.05, 0.1) is 16.6 Å². The van der Waals surface area contributed by atoms with E-state index >= 15 is 0 Å². The Labute approximate surface area is 123 Å². The summed E-state index contributed by atoms with van der Waals surface area (Å²) in [7, 11) is 0. The number of rotatable bonds is 4. The minimum absolute atomic E-state index is 0.0703. The quantitative estimate of drug-likeness (QED) is 0.746. The van der Waals surface area contributed by atoms with Gasteiger partial charge in [0.1, 0.15) is 6.33 Å². The summed E-state index contributed by atoms with van der Waals surface area (Å²) in [6.45, 7) is -0.0703. The average Bonchev–Trinajstić information content (AvgIpc) is 2.99. The van der Waals surface area contributed by atoms with Crippen LogP contribution in [0.3, 0.4) is 0 Å². The summed E-state index contributed by atoms with van der Waals surface area (Å²) in [6.07, 6.45) is 3.12. The van der Waals surface area contributed by atoms with Gasteiger partial charge in [-0.25, -0.2) is 9.97 Å². The van der Waals surface area contributed by atoms with Crippen LogP contribution in [-0.4, -0.2) is 27.3 Å². The number of carbonyl (C=O) groups excluding carboxylic acids is 1. The van der Waals surface area contributed by atoms with Gasteiger partial charge in [-0.15, -0.1) is 0 Å². The van der Waals surface area contributed by atoms with Crippen molar-refractivity contribution in [2.24, 2.45) is 0 Å². The van der Waals surface area contributed by atoms with Crippen LogP contribution in [0.2, 0.25) is 0 Å². The van der Waals surface area contributed by atoms with Gasteiger partial charge in [0.15, 0.2) is 6.61 Å². The predicted octanol–water partition coefficient (Wildman–Crippen LogP) is 2.98. The van der Waals surface area contributed by atoms with E-state index in [2.05, 4.69) is 30.9 Å². The zero-order chi connectivity index (χ0) is 13.9. The number of hydrogen-bond acceptors (Lipinski definition) is 4. The van der Waals surface area contributed by atoms with Crippen LogP contribution < -0.4 is 4.74 Å². The third-order valence-corrected chi connectivity index (χ3v) is 3.29. The Balaban J connectivity index is 1.84. The number of carbonyl (C=O) groups is 1. The predicted molar refractivity (Wildman–Crippen MR) is 77.9 cm³/mol. The highest BCUT2D eigenvalue weighted by atomic mass is 79.9. The molecule has 0 aliphatic rings. The molecule has 0 fully saturated rings. The van der Waals surface area contributed by atoms with Crippen LogP contribution in [-0.2, 0) is 0 Å². The second kappa shape index (κ2) is 5.42. The molecular weight excluding hydrogens is 322 g/mol. The number of nitrogens with zero attached hydrogens (tertiary/aromatic N) is 2. The molecule has 100 valence electrons. The molecule has 1 N–H and O–H groups in total. The molecule has 6 heteroatoms. The van der Waals surface area contributed by atoms with Gasteiger partial charge in [-0.1, -0.05) is 15.9 Å². The zero-order valence-corrected chi connectivity index (χ0v) is 11.9. The summed E-state index contributed by atoms with van der Waals surface area (Å²) in [5.41, 5.74) is 1.29. The number of H-pyrrole nitrogens is 1. The van der Waals surface area contributed by atoms with Crippen molar-refractivity contribution in [1.82, 2.24) is 15.0 Å². The number of halogens is 1. The summed E-state index contributed by atoms with van der Waals surface area (Å²) >= 11 is 3.40. The van der Waals surface area contributed by atoms with Crippen molar-refractivity contribution in [3.8, 4) is 5.88 Å². The lowest BCUT2D eigenvalue weighted by Crippen LogP contribution is -2.12. The maximum atomic E-state index is 11.9. The molecule has 5 nitrogen and oxygen atoms in total. The molecule has 20 heavy (non-hydrogen) atoms. The van der Waals surface area contributed by atoms with Gasteiger partial charge in [0.2, 0.25) is 11.7 Å². The molecule has 0 unspecified atom stereocenters. The van der Waals surface area contributed by atoms with Crippen LogP contribution in [0, 0.1) is 0 Å². The maximum Gasteiger partial charge on any atom is 0.224 e. The van der Waals surface area contributed by atoms with Crippen LogP contribution >= 0.6 is 15.9 Å². The van der Waals surface area contributed by atoms with Crippen molar-refractivity contribution in [3.63, 3.8) is 0 Å². The lowest BCUT2D eigenvalue weighted by Gasteiger charge is -2.06. The second-order valence-electron chi connectivity index (χ2n) is 4.14. The van der Waals surface area contributed by atoms with E-state index in [1.54, 1.807) is 18.3 Å². The number of ether oxygens (including phenoxy) is 1. The molecule has 0 radical (unpaired) electrons. The Bertz CT molecular complexity index is 756. The normalized spacial score (nSPS) is 10.7. The van der Waals surface area contributed by atoms with Crippen LogP contribution in [0.5, 0.6) is 5.88 Å². The van der Waals surface area contributed by atoms with E-state index in [1.165, 1.54) is 6.33 Å². The SMILES string of the molecule is O=C(COc1ncnc2ccc(Br)cc12)c1ccc[nH]1. The number of hydrogen-bond donors (Lipinski definition) is 1. The Morgan fingerprint density at radius 3 is 3.00 bits per heavy atom. The molecule has 3 rings (SSSR count). The number of aromatic amines is 1. The Hall–Kier alpha value is -2.21. The first-order valence-corrected chi connectivity index (χ1v) is 6.73. The first-order valence-electron chi connectivity index (χ1n) is 5.94. The monoisotopic (exact) mass is 331 g/mol. The van der Waals surface area contributed by atoms with E-state index in [0.717, 1.165) is 15.4 Å². The lowest BCUT2D eigenvalue weighted by molar-refractivity contribution is 0.0915. The minimum atomic E-state index is -0.128. The largest absolute Gasteiger partial charge is 0.469 e. The summed E-state index contributed by atoms with van der Waals surface area (Å²) in [5, 5.41) is 0.765. The first kappa shape index (κ1) is 12.8. The van der Waals surface area contributed by atoms with Crippen molar-refractivity contribution in [2.75, 3.05) is 6.61 Å². The third kappa shape index (κ3) is 2.55. The molecule has 0 aliphatic heterocycles. The molecule has 0 saturated carbocycles. The van der Waals surface area contributed by atoms with Crippen LogP contribution in [0.25, 0.3) is 10.9 Å². The number of Topliss-reactive ketones (excluding diaryl/α,β-unsaturated/α-hetero) is 1. The summed E-state index contributed by atoms with van der Waals surface area (Å²) in [6, 6.07) is 9.10. The number of aromatic nitrogens is 3. The number of ketones is 1. The second-order valence-corrected chi connectivity index (χ2v) is 5.05. The summed E-state index contributed by atoms with van der Waals surface area (Å²) in [5.74, 6) is 0.271. The summed E-state index contributed by atoms with van der Waals surface area (Å²) < 4.78 is 6.42. The molecule has 0 aliphatic carbocycles. The topological polar surface area (TPSA) is 67.9 Å². The van der Waals surface area contributed by atoms with E-state index in [-0.39, 0.29) is 12.4 Å². The van der Waals surface area contributed by atoms with Crippen LogP contribution in [0.15, 0.2) is 47.3 Å². The molecule has 0 saturated heterocycles. The van der Waals surface area contributed by atoms with Crippen molar-refractivity contribution in [2.45, 2.75) is 0 Å². The molecule has 0 spiro atoms. The molecular formula is C14H10BrN3O2. The molecule has 1 aromatic carbocycles. The lowest BCUT2D eigenvalue weighted by atomic mass is 10.2. The number of nitrogens with one attached hydrogen (secondary N) is 1. The van der Waals surface area contributed by atoms with Gasteiger partial charge in [-0.2, -0.15) is 0 Å². The smallest absolute Gasteiger partial charge is 0.224 e. The highest BCUT2D eigenvalue weighted by Gasteiger charge is 2.10. The fourth-order valence-corrected chi connectivity index (χ4v) is 2.20. The standard InChI is InChI=1S/C14H10BrN3O2/c15-9-3-4-11-10(6-9)14(18-8-17-11)20-7-13(19)12-2-1-5-16-12/h1-6,8,16H,7H2. The zero-order valence-electron chi connectivity index (χ0n) is 10.3. The summed E-state index contributed by atoms with van der Waals surface area (Å²) in [4.78, 5) is 23.0. The Kier molecular flexibility index (Phi) is 3.47. The van der Waals surface area contributed by atoms with Crippen molar-refractivity contribution in [3.05, 3.63) is 53.0 Å². The van der Waals surface area contributed by atoms with E-state index in [1.807, 2.05) is 18.2 Å². The van der Waals surface area contributed by atoms with Gasteiger partial charge < -0.3 is 9.72 Å². The van der Waals surface area contributed by atoms with Crippen LogP contribution in [0.1, 0.15) is 10.5 Å². The van der Waals surface area contributed by atoms with E-state index < -0.39 is 0 Å². The van der Waals surface area contributed by atoms with Gasteiger partial charge in [0.25, 0.3) is 0 Å². The van der Waals surface area contributed by atoms with E-state index in [9.17, 15) is 4.79 Å². The highest BCUT2D eigenvalue weighted by molar-refractivity contribution is 9.10. The Morgan fingerprint density at radius 1 is 1.30 bits per heavy atom. The van der Waals surface area contributed by atoms with E-state index in [4.69, 9.17) is 4.74 Å². The van der Waals surface area contributed by atoms with Crippen molar-refractivity contribution >= 4 is 32.6 Å². The van der Waals surface area contributed by atoms with Crippen molar-refractivity contribution < 1.29 is 9.53 Å². The fraction of sp³-hybridized carbons (Fsp3) is 0.0714. The van der Waals surface area contributed by atoms with E-state index in [0.29, 0.717) is 11.6 Å². The average molecular weight is 332 g/mol. The first-order chi connectivity index (χ1) is 9.74. The Morgan fingerprint density at radius 2 is 2.20 bits per heavy atom. The third-order valence-electron chi connectivity index (χ3n) is 2.80. The molecule has 2 aromatic heterocycles. The molecule has 2 heterocycles. The van der Waals surface area contributed by atoms with Gasteiger partial charge >= 0.3 is 0 Å². The van der Waals surface area contributed by atoms with Crippen molar-refractivity contribution in [1.29, 1.82) is 0 Å². The minimum Gasteiger partial charge on any atom is -0.469 e. The van der Waals surface area contributed by atoms with Gasteiger partial charge in [0, 0.05) is 10.7 Å². The molecule has 0 atom stereocenters. The number of benzene rings is 1. The highest BCUT2D eigenvalue weighted by Crippen LogP contribution is 2.24. The molecule has 0 bridgehead atoms. The molecule has 3 aromatic rings. The maximum absolute atomic E-state index is 11.9. The fourth-order valence-electron chi connectivity index (χ4n) is 1.84. The van der Waals surface area contributed by atoms with Gasteiger partial charge in [-0.3, -0.25) is 4.79 Å². The number of fused-ring (bicyclic) bond motifs is 1. The van der Waals surface area contributed by atoms with Crippen LogP contribution in [0.4, 0.5) is 0 Å². The molecule has 0 amide bonds. The van der Waals surface area contributed by atoms with Gasteiger partial charge in [-0.05, 0) is 30.3 Å².